The summed E-state index contributed by atoms with van der Waals surface area (Å²) in [7, 11) is 0. The van der Waals surface area contributed by atoms with E-state index in [0.717, 1.165) is 18.6 Å². The van der Waals surface area contributed by atoms with E-state index in [1.54, 1.807) is 6.07 Å². The van der Waals surface area contributed by atoms with Crippen molar-refractivity contribution in [1.82, 2.24) is 10.5 Å². The van der Waals surface area contributed by atoms with Crippen molar-refractivity contribution >= 4 is 11.8 Å². The van der Waals surface area contributed by atoms with Crippen LogP contribution in [0.3, 0.4) is 0 Å². The Labute approximate surface area is 112 Å². The van der Waals surface area contributed by atoms with Crippen LogP contribution < -0.4 is 10.6 Å². The number of anilines is 1. The van der Waals surface area contributed by atoms with E-state index < -0.39 is 0 Å². The van der Waals surface area contributed by atoms with E-state index in [-0.39, 0.29) is 23.5 Å². The van der Waals surface area contributed by atoms with Gasteiger partial charge in [-0.25, -0.2) is 4.79 Å². The second kappa shape index (κ2) is 4.85. The Morgan fingerprint density at radius 1 is 1.53 bits per heavy atom. The smallest absolute Gasteiger partial charge is 0.320 e. The Bertz CT molecular complexity index is 458. The lowest BCUT2D eigenvalue weighted by Crippen LogP contribution is -2.35. The highest BCUT2D eigenvalue weighted by molar-refractivity contribution is 5.88. The molecule has 0 bridgehead atoms. The third kappa shape index (κ3) is 3.47. The quantitative estimate of drug-likeness (QED) is 0.777. The molecule has 1 aliphatic carbocycles. The highest BCUT2D eigenvalue weighted by Crippen LogP contribution is 2.44. The number of carbonyl (C=O) groups excluding carboxylic acids is 1. The van der Waals surface area contributed by atoms with E-state index in [0.29, 0.717) is 12.4 Å². The summed E-state index contributed by atoms with van der Waals surface area (Å²) in [5.41, 5.74) is -0.240. The SMILES string of the molecule is CC(C)(C)c1cc(NC(=O)NCC2(CO)CC2)no1. The van der Waals surface area contributed by atoms with E-state index >= 15 is 0 Å². The van der Waals surface area contributed by atoms with Crippen LogP contribution in [0.4, 0.5) is 10.6 Å². The standard InChI is InChI=1S/C13H21N3O3/c1-12(2,3)9-6-10(16-19-9)15-11(18)14-7-13(8-17)4-5-13/h6,17H,4-5,7-8H2,1-3H3,(H2,14,15,16,18). The van der Waals surface area contributed by atoms with Gasteiger partial charge in [0, 0.05) is 23.4 Å². The van der Waals surface area contributed by atoms with Gasteiger partial charge in [-0.3, -0.25) is 5.32 Å². The summed E-state index contributed by atoms with van der Waals surface area (Å²) in [6.45, 7) is 6.63. The average molecular weight is 267 g/mol. The van der Waals surface area contributed by atoms with Crippen molar-refractivity contribution in [3.05, 3.63) is 11.8 Å². The lowest BCUT2D eigenvalue weighted by molar-refractivity contribution is 0.206. The molecule has 6 nitrogen and oxygen atoms in total. The van der Waals surface area contributed by atoms with Gasteiger partial charge in [0.25, 0.3) is 0 Å². The summed E-state index contributed by atoms with van der Waals surface area (Å²) in [5, 5.41) is 18.3. The van der Waals surface area contributed by atoms with Crippen molar-refractivity contribution in [2.75, 3.05) is 18.5 Å². The molecule has 6 heteroatoms. The number of amides is 2. The molecule has 1 saturated carbocycles. The molecule has 19 heavy (non-hydrogen) atoms. The first-order valence-corrected chi connectivity index (χ1v) is 6.48. The van der Waals surface area contributed by atoms with E-state index in [1.807, 2.05) is 20.8 Å². The van der Waals surface area contributed by atoms with Gasteiger partial charge in [-0.05, 0) is 12.8 Å². The van der Waals surface area contributed by atoms with Crippen molar-refractivity contribution in [3.8, 4) is 0 Å². The molecule has 2 amide bonds. The zero-order chi connectivity index (χ0) is 14.1. The predicted octanol–water partition coefficient (Wildman–Crippen LogP) is 1.87. The molecule has 0 unspecified atom stereocenters. The summed E-state index contributed by atoms with van der Waals surface area (Å²) < 4.78 is 5.18. The second-order valence-corrected chi connectivity index (χ2v) is 6.29. The van der Waals surface area contributed by atoms with Crippen LogP contribution in [0.5, 0.6) is 0 Å². The Hall–Kier alpha value is -1.56. The van der Waals surface area contributed by atoms with Gasteiger partial charge in [0.1, 0.15) is 5.76 Å². The van der Waals surface area contributed by atoms with Crippen LogP contribution in [0.2, 0.25) is 0 Å². The van der Waals surface area contributed by atoms with Gasteiger partial charge in [0.2, 0.25) is 0 Å². The number of urea groups is 1. The van der Waals surface area contributed by atoms with Crippen molar-refractivity contribution in [3.63, 3.8) is 0 Å². The maximum absolute atomic E-state index is 11.7. The fourth-order valence-corrected chi connectivity index (χ4v) is 1.68. The molecule has 1 aromatic rings. The molecule has 0 saturated heterocycles. The summed E-state index contributed by atoms with van der Waals surface area (Å²) in [6, 6.07) is 1.40. The summed E-state index contributed by atoms with van der Waals surface area (Å²) >= 11 is 0. The van der Waals surface area contributed by atoms with E-state index in [2.05, 4.69) is 15.8 Å². The van der Waals surface area contributed by atoms with Gasteiger partial charge in [0.15, 0.2) is 5.82 Å². The lowest BCUT2D eigenvalue weighted by atomic mass is 9.93. The third-order valence-corrected chi connectivity index (χ3v) is 3.41. The fraction of sp³-hybridized carbons (Fsp3) is 0.692. The zero-order valence-electron chi connectivity index (χ0n) is 11.6. The Kier molecular flexibility index (Phi) is 3.54. The topological polar surface area (TPSA) is 87.4 Å². The van der Waals surface area contributed by atoms with Crippen LogP contribution in [0, 0.1) is 5.41 Å². The molecule has 0 spiro atoms. The number of aliphatic hydroxyl groups excluding tert-OH is 1. The number of aliphatic hydroxyl groups is 1. The minimum atomic E-state index is -0.325. The molecule has 0 aliphatic heterocycles. The van der Waals surface area contributed by atoms with E-state index in [9.17, 15) is 4.79 Å². The van der Waals surface area contributed by atoms with Crippen molar-refractivity contribution < 1.29 is 14.4 Å². The van der Waals surface area contributed by atoms with Gasteiger partial charge < -0.3 is 14.9 Å². The maximum Gasteiger partial charge on any atom is 0.320 e. The minimum absolute atomic E-state index is 0.0995. The summed E-state index contributed by atoms with van der Waals surface area (Å²) in [4.78, 5) is 11.7. The van der Waals surface area contributed by atoms with Gasteiger partial charge in [-0.2, -0.15) is 0 Å². The molecule has 0 radical (unpaired) electrons. The first kappa shape index (κ1) is 13.9. The molecule has 1 aliphatic rings. The molecule has 1 aromatic heterocycles. The summed E-state index contributed by atoms with van der Waals surface area (Å²) in [6.07, 6.45) is 1.92. The van der Waals surface area contributed by atoms with Crippen molar-refractivity contribution in [1.29, 1.82) is 0 Å². The number of hydrogen-bond acceptors (Lipinski definition) is 4. The Morgan fingerprint density at radius 2 is 2.21 bits per heavy atom. The second-order valence-electron chi connectivity index (χ2n) is 6.29. The van der Waals surface area contributed by atoms with Crippen LogP contribution in [0.25, 0.3) is 0 Å². The number of hydrogen-bond donors (Lipinski definition) is 3. The molecule has 1 fully saturated rings. The molecule has 1 heterocycles. The van der Waals surface area contributed by atoms with Gasteiger partial charge in [0.05, 0.1) is 6.61 Å². The third-order valence-electron chi connectivity index (χ3n) is 3.41. The Morgan fingerprint density at radius 3 is 2.68 bits per heavy atom. The zero-order valence-corrected chi connectivity index (χ0v) is 11.6. The molecule has 0 aromatic carbocycles. The lowest BCUT2D eigenvalue weighted by Gasteiger charge is -2.12. The van der Waals surface area contributed by atoms with E-state index in [4.69, 9.17) is 9.63 Å². The van der Waals surface area contributed by atoms with Gasteiger partial charge in [-0.15, -0.1) is 0 Å². The largest absolute Gasteiger partial charge is 0.396 e. The number of nitrogens with zero attached hydrogens (tertiary/aromatic N) is 1. The average Bonchev–Trinajstić information content (AvgIpc) is 2.96. The van der Waals surface area contributed by atoms with Gasteiger partial charge in [-0.1, -0.05) is 25.9 Å². The van der Waals surface area contributed by atoms with Crippen LogP contribution in [0.1, 0.15) is 39.4 Å². The first-order valence-electron chi connectivity index (χ1n) is 6.48. The number of carbonyl (C=O) groups is 1. The van der Waals surface area contributed by atoms with Crippen LogP contribution >= 0.6 is 0 Å². The monoisotopic (exact) mass is 267 g/mol. The molecule has 2 rings (SSSR count). The normalized spacial score (nSPS) is 17.1. The van der Waals surface area contributed by atoms with Crippen LogP contribution in [-0.4, -0.2) is 29.4 Å². The van der Waals surface area contributed by atoms with Crippen LogP contribution in [-0.2, 0) is 5.41 Å². The minimum Gasteiger partial charge on any atom is -0.396 e. The molecular weight excluding hydrogens is 246 g/mol. The highest BCUT2D eigenvalue weighted by atomic mass is 16.5. The van der Waals surface area contributed by atoms with Crippen LogP contribution in [0.15, 0.2) is 10.6 Å². The summed E-state index contributed by atoms with van der Waals surface area (Å²) in [5.74, 6) is 1.12. The molecule has 106 valence electrons. The molecule has 3 N–H and O–H groups in total. The fourth-order valence-electron chi connectivity index (χ4n) is 1.68. The molecular formula is C13H21N3O3. The van der Waals surface area contributed by atoms with Gasteiger partial charge >= 0.3 is 6.03 Å². The maximum atomic E-state index is 11.7. The number of aromatic nitrogens is 1. The number of nitrogens with one attached hydrogen (secondary N) is 2. The van der Waals surface area contributed by atoms with Crippen molar-refractivity contribution in [2.24, 2.45) is 5.41 Å². The van der Waals surface area contributed by atoms with Crippen molar-refractivity contribution in [2.45, 2.75) is 39.0 Å². The Balaban J connectivity index is 1.84. The number of rotatable bonds is 4. The highest BCUT2D eigenvalue weighted by Gasteiger charge is 2.42. The van der Waals surface area contributed by atoms with E-state index in [1.165, 1.54) is 0 Å². The first-order chi connectivity index (χ1) is 8.85. The molecule has 0 atom stereocenters. The predicted molar refractivity (Wildman–Crippen MR) is 71.0 cm³/mol.